The Hall–Kier alpha value is -1.66. The van der Waals surface area contributed by atoms with Gasteiger partial charge in [0.1, 0.15) is 9.71 Å². The average molecular weight is 291 g/mol. The molecule has 3 rings (SSSR count). The molecule has 0 radical (unpaired) electrons. The Bertz CT molecular complexity index is 674. The summed E-state index contributed by atoms with van der Waals surface area (Å²) < 4.78 is 5.35. The molecule has 0 aliphatic carbocycles. The fraction of sp³-hybridized carbons (Fsp3) is 0.429. The summed E-state index contributed by atoms with van der Waals surface area (Å²) in [7, 11) is 0. The number of aromatic nitrogens is 1. The normalized spacial score (nSPS) is 22.3. The maximum Gasteiger partial charge on any atom is 0.264 e. The highest BCUT2D eigenvalue weighted by Crippen LogP contribution is 2.34. The maximum absolute atomic E-state index is 12.4. The zero-order chi connectivity index (χ0) is 14.3. The van der Waals surface area contributed by atoms with Gasteiger partial charge in [-0.15, -0.1) is 11.3 Å². The molecule has 1 saturated heterocycles. The Morgan fingerprint density at radius 2 is 2.40 bits per heavy atom. The zero-order valence-corrected chi connectivity index (χ0v) is 12.3. The second-order valence-corrected chi connectivity index (χ2v) is 6.47. The van der Waals surface area contributed by atoms with Crippen molar-refractivity contribution >= 4 is 33.1 Å². The SMILES string of the molecule is Cc1ccnc2sc(C(=O)NC3(C)CCOC3)c(N)c12. The number of nitrogens with zero attached hydrogens (tertiary/aromatic N) is 1. The number of nitrogen functional groups attached to an aromatic ring is 1. The van der Waals surface area contributed by atoms with E-state index >= 15 is 0 Å². The van der Waals surface area contributed by atoms with Crippen molar-refractivity contribution in [3.8, 4) is 0 Å². The largest absolute Gasteiger partial charge is 0.397 e. The van der Waals surface area contributed by atoms with Crippen molar-refractivity contribution in [1.82, 2.24) is 10.3 Å². The first-order valence-electron chi connectivity index (χ1n) is 6.54. The van der Waals surface area contributed by atoms with Gasteiger partial charge in [0.2, 0.25) is 0 Å². The summed E-state index contributed by atoms with van der Waals surface area (Å²) in [5.74, 6) is -0.141. The molecule has 3 N–H and O–H groups in total. The summed E-state index contributed by atoms with van der Waals surface area (Å²) in [6, 6.07) is 1.90. The number of nitrogens with one attached hydrogen (secondary N) is 1. The van der Waals surface area contributed by atoms with E-state index in [9.17, 15) is 4.79 Å². The van der Waals surface area contributed by atoms with Crippen LogP contribution in [0, 0.1) is 6.92 Å². The number of carbonyl (C=O) groups is 1. The standard InChI is InChI=1S/C14H17N3O2S/c1-8-3-5-16-13-9(8)10(15)11(20-13)12(18)17-14(2)4-6-19-7-14/h3,5H,4,6-7,15H2,1-2H3,(H,17,18). The van der Waals surface area contributed by atoms with E-state index in [0.29, 0.717) is 23.8 Å². The number of carbonyl (C=O) groups excluding carboxylic acids is 1. The van der Waals surface area contributed by atoms with Gasteiger partial charge in [0.25, 0.3) is 5.91 Å². The molecule has 3 heterocycles. The topological polar surface area (TPSA) is 77.2 Å². The Balaban J connectivity index is 1.96. The summed E-state index contributed by atoms with van der Waals surface area (Å²) in [5, 5.41) is 3.92. The number of thiophene rings is 1. The van der Waals surface area contributed by atoms with Crippen molar-refractivity contribution in [3.63, 3.8) is 0 Å². The Labute approximate surface area is 121 Å². The van der Waals surface area contributed by atoms with Gasteiger partial charge in [-0.25, -0.2) is 4.98 Å². The molecule has 1 aliphatic heterocycles. The fourth-order valence-electron chi connectivity index (χ4n) is 2.47. The second-order valence-electron chi connectivity index (χ2n) is 5.47. The van der Waals surface area contributed by atoms with Crippen LogP contribution in [0.3, 0.4) is 0 Å². The van der Waals surface area contributed by atoms with Crippen molar-refractivity contribution in [2.24, 2.45) is 0 Å². The number of pyridine rings is 1. The minimum absolute atomic E-state index is 0.141. The molecular weight excluding hydrogens is 274 g/mol. The molecule has 5 nitrogen and oxygen atoms in total. The highest BCUT2D eigenvalue weighted by atomic mass is 32.1. The number of fused-ring (bicyclic) bond motifs is 1. The minimum atomic E-state index is -0.303. The third-order valence-electron chi connectivity index (χ3n) is 3.68. The van der Waals surface area contributed by atoms with E-state index in [0.717, 1.165) is 22.2 Å². The molecule has 2 aromatic rings. The molecule has 6 heteroatoms. The summed E-state index contributed by atoms with van der Waals surface area (Å²) >= 11 is 1.34. The third-order valence-corrected chi connectivity index (χ3v) is 4.79. The molecule has 20 heavy (non-hydrogen) atoms. The lowest BCUT2D eigenvalue weighted by atomic mass is 10.0. The van der Waals surface area contributed by atoms with E-state index in [1.165, 1.54) is 11.3 Å². The molecule has 0 aromatic carbocycles. The summed E-state index contributed by atoms with van der Waals surface area (Å²) in [4.78, 5) is 18.1. The first-order chi connectivity index (χ1) is 9.50. The van der Waals surface area contributed by atoms with Gasteiger partial charge in [-0.05, 0) is 31.9 Å². The lowest BCUT2D eigenvalue weighted by molar-refractivity contribution is 0.0895. The lowest BCUT2D eigenvalue weighted by Gasteiger charge is -2.23. The van der Waals surface area contributed by atoms with Gasteiger partial charge in [0, 0.05) is 18.2 Å². The van der Waals surface area contributed by atoms with E-state index in [1.807, 2.05) is 19.9 Å². The highest BCUT2D eigenvalue weighted by molar-refractivity contribution is 7.21. The molecule has 2 aromatic heterocycles. The van der Waals surface area contributed by atoms with Crippen LogP contribution in [0.4, 0.5) is 5.69 Å². The number of rotatable bonds is 2. The number of hydrogen-bond donors (Lipinski definition) is 2. The van der Waals surface area contributed by atoms with Crippen molar-refractivity contribution in [2.45, 2.75) is 25.8 Å². The van der Waals surface area contributed by atoms with E-state index in [4.69, 9.17) is 10.5 Å². The van der Waals surface area contributed by atoms with Crippen LogP contribution in [-0.4, -0.2) is 29.6 Å². The van der Waals surface area contributed by atoms with Gasteiger partial charge >= 0.3 is 0 Å². The summed E-state index contributed by atoms with van der Waals surface area (Å²) in [5.41, 5.74) is 7.40. The first-order valence-corrected chi connectivity index (χ1v) is 7.36. The van der Waals surface area contributed by atoms with Gasteiger partial charge in [-0.3, -0.25) is 4.79 Å². The van der Waals surface area contributed by atoms with Crippen molar-refractivity contribution < 1.29 is 9.53 Å². The smallest absolute Gasteiger partial charge is 0.264 e. The number of nitrogens with two attached hydrogens (primary N) is 1. The van der Waals surface area contributed by atoms with E-state index in [2.05, 4.69) is 10.3 Å². The zero-order valence-electron chi connectivity index (χ0n) is 11.5. The predicted octanol–water partition coefficient (Wildman–Crippen LogP) is 2.10. The van der Waals surface area contributed by atoms with Crippen LogP contribution in [0.5, 0.6) is 0 Å². The molecule has 1 amide bonds. The molecule has 106 valence electrons. The fourth-order valence-corrected chi connectivity index (χ4v) is 3.50. The van der Waals surface area contributed by atoms with Crippen LogP contribution < -0.4 is 11.1 Å². The van der Waals surface area contributed by atoms with Gasteiger partial charge in [0.15, 0.2) is 0 Å². The number of anilines is 1. The van der Waals surface area contributed by atoms with Gasteiger partial charge in [0.05, 0.1) is 17.8 Å². The molecule has 1 unspecified atom stereocenters. The number of hydrogen-bond acceptors (Lipinski definition) is 5. The van der Waals surface area contributed by atoms with Gasteiger partial charge in [-0.2, -0.15) is 0 Å². The highest BCUT2D eigenvalue weighted by Gasteiger charge is 2.32. The molecule has 0 saturated carbocycles. The van der Waals surface area contributed by atoms with Crippen molar-refractivity contribution in [3.05, 3.63) is 22.7 Å². The number of amides is 1. The molecule has 1 aliphatic rings. The second kappa shape index (κ2) is 4.71. The molecule has 1 fully saturated rings. The average Bonchev–Trinajstić information content (AvgIpc) is 2.95. The van der Waals surface area contributed by atoms with Crippen LogP contribution in [0.2, 0.25) is 0 Å². The van der Waals surface area contributed by atoms with Crippen LogP contribution in [0.25, 0.3) is 10.2 Å². The number of aryl methyl sites for hydroxylation is 1. The monoisotopic (exact) mass is 291 g/mol. The summed E-state index contributed by atoms with van der Waals surface area (Å²) in [6.45, 7) is 5.19. The van der Waals surface area contributed by atoms with E-state index < -0.39 is 0 Å². The van der Waals surface area contributed by atoms with E-state index in [-0.39, 0.29) is 11.4 Å². The van der Waals surface area contributed by atoms with Gasteiger partial charge < -0.3 is 15.8 Å². The first kappa shape index (κ1) is 13.3. The lowest BCUT2D eigenvalue weighted by Crippen LogP contribution is -2.46. The maximum atomic E-state index is 12.4. The Morgan fingerprint density at radius 1 is 1.60 bits per heavy atom. The number of ether oxygens (including phenoxy) is 1. The van der Waals surface area contributed by atoms with Crippen LogP contribution in [0.15, 0.2) is 12.3 Å². The molecule has 0 spiro atoms. The van der Waals surface area contributed by atoms with Crippen LogP contribution in [0.1, 0.15) is 28.6 Å². The van der Waals surface area contributed by atoms with Crippen molar-refractivity contribution in [2.75, 3.05) is 18.9 Å². The van der Waals surface area contributed by atoms with Crippen molar-refractivity contribution in [1.29, 1.82) is 0 Å². The molecule has 1 atom stereocenters. The Morgan fingerprint density at radius 3 is 3.05 bits per heavy atom. The third kappa shape index (κ3) is 2.14. The van der Waals surface area contributed by atoms with Crippen LogP contribution in [-0.2, 0) is 4.74 Å². The predicted molar refractivity (Wildman–Crippen MR) is 80.1 cm³/mol. The quantitative estimate of drug-likeness (QED) is 0.888. The minimum Gasteiger partial charge on any atom is -0.397 e. The Kier molecular flexibility index (Phi) is 3.14. The molecule has 0 bridgehead atoms. The van der Waals surface area contributed by atoms with Crippen LogP contribution >= 0.6 is 11.3 Å². The van der Waals surface area contributed by atoms with E-state index in [1.54, 1.807) is 6.20 Å². The molecular formula is C14H17N3O2S. The van der Waals surface area contributed by atoms with Gasteiger partial charge in [-0.1, -0.05) is 0 Å². The summed E-state index contributed by atoms with van der Waals surface area (Å²) in [6.07, 6.45) is 2.56.